The Morgan fingerprint density at radius 1 is 0.925 bits per heavy atom. The second-order valence-corrected chi connectivity index (χ2v) is 11.8. The van der Waals surface area contributed by atoms with Gasteiger partial charge in [-0.05, 0) is 87.1 Å². The fraction of sp³-hybridized carbons (Fsp3) is 0.545. The molecule has 2 N–H and O–H groups in total. The molecule has 2 aromatic rings. The fourth-order valence-corrected chi connectivity index (χ4v) is 6.90. The Morgan fingerprint density at radius 3 is 2.25 bits per heavy atom. The number of benzene rings is 2. The first-order chi connectivity index (χ1) is 19.4. The van der Waals surface area contributed by atoms with Crippen molar-refractivity contribution >= 4 is 23.2 Å². The maximum atomic E-state index is 14.1. The van der Waals surface area contributed by atoms with Gasteiger partial charge in [0, 0.05) is 50.3 Å². The summed E-state index contributed by atoms with van der Waals surface area (Å²) in [5, 5.41) is 0. The summed E-state index contributed by atoms with van der Waals surface area (Å²) < 4.78 is 5.58. The van der Waals surface area contributed by atoms with Crippen LogP contribution in [0.1, 0.15) is 78.5 Å². The van der Waals surface area contributed by atoms with E-state index < -0.39 is 6.04 Å². The lowest BCUT2D eigenvalue weighted by atomic mass is 9.80. The number of piperidine rings is 1. The van der Waals surface area contributed by atoms with Crippen LogP contribution < -0.4 is 10.6 Å². The molecule has 0 bridgehead atoms. The molecule has 40 heavy (non-hydrogen) atoms. The van der Waals surface area contributed by atoms with Gasteiger partial charge in [0.25, 0.3) is 0 Å². The highest BCUT2D eigenvalue weighted by Crippen LogP contribution is 2.40. The summed E-state index contributed by atoms with van der Waals surface area (Å²) in [6.07, 6.45) is 6.84. The van der Waals surface area contributed by atoms with E-state index in [2.05, 4.69) is 11.0 Å². The fourth-order valence-electron chi connectivity index (χ4n) is 6.90. The number of nitrogens with zero attached hydrogens (tertiary/aromatic N) is 2. The quantitative estimate of drug-likeness (QED) is 0.491. The summed E-state index contributed by atoms with van der Waals surface area (Å²) >= 11 is 0. The van der Waals surface area contributed by atoms with Crippen LogP contribution in [0.15, 0.2) is 42.5 Å². The number of rotatable bonds is 8. The van der Waals surface area contributed by atoms with Crippen LogP contribution in [-0.2, 0) is 27.2 Å². The van der Waals surface area contributed by atoms with E-state index in [0.29, 0.717) is 30.7 Å². The Hall–Kier alpha value is -3.03. The van der Waals surface area contributed by atoms with Gasteiger partial charge < -0.3 is 20.3 Å². The molecule has 7 nitrogen and oxygen atoms in total. The predicted molar refractivity (Wildman–Crippen MR) is 157 cm³/mol. The van der Waals surface area contributed by atoms with Crippen molar-refractivity contribution in [3.05, 3.63) is 64.7 Å². The topological polar surface area (TPSA) is 92.9 Å². The minimum atomic E-state index is -0.604. The number of carbonyl (C=O) groups is 3. The smallest absolute Gasteiger partial charge is 0.226 e. The molecule has 1 saturated carbocycles. The average Bonchev–Trinajstić information content (AvgIpc) is 3.00. The molecule has 2 heterocycles. The lowest BCUT2D eigenvalue weighted by Crippen LogP contribution is -2.47. The molecular weight excluding hydrogens is 502 g/mol. The maximum Gasteiger partial charge on any atom is 0.226 e. The van der Waals surface area contributed by atoms with E-state index in [1.807, 2.05) is 29.2 Å². The third kappa shape index (κ3) is 6.01. The van der Waals surface area contributed by atoms with Crippen molar-refractivity contribution in [1.29, 1.82) is 0 Å². The molecule has 5 rings (SSSR count). The second-order valence-electron chi connectivity index (χ2n) is 11.8. The third-order valence-corrected chi connectivity index (χ3v) is 9.37. The van der Waals surface area contributed by atoms with Gasteiger partial charge in [-0.25, -0.2) is 0 Å². The summed E-state index contributed by atoms with van der Waals surface area (Å²) in [7, 11) is 1.78. The van der Waals surface area contributed by atoms with E-state index in [1.54, 1.807) is 26.2 Å². The van der Waals surface area contributed by atoms with Crippen molar-refractivity contribution in [2.45, 2.75) is 70.4 Å². The van der Waals surface area contributed by atoms with Crippen molar-refractivity contribution in [3.8, 4) is 0 Å². The van der Waals surface area contributed by atoms with Crippen molar-refractivity contribution in [1.82, 2.24) is 4.90 Å². The minimum Gasteiger partial charge on any atom is -0.381 e. The van der Waals surface area contributed by atoms with Crippen LogP contribution in [-0.4, -0.2) is 61.8 Å². The van der Waals surface area contributed by atoms with Crippen LogP contribution in [0, 0.1) is 11.8 Å². The molecule has 1 unspecified atom stereocenters. The highest BCUT2D eigenvalue weighted by molar-refractivity contribution is 5.95. The van der Waals surface area contributed by atoms with Gasteiger partial charge in [-0.3, -0.25) is 14.4 Å². The Bertz CT molecular complexity index is 1210. The Kier molecular flexibility index (Phi) is 9.01. The zero-order valence-corrected chi connectivity index (χ0v) is 23.9. The van der Waals surface area contributed by atoms with E-state index in [0.717, 1.165) is 69.2 Å². The molecule has 0 spiro atoms. The van der Waals surface area contributed by atoms with Crippen LogP contribution in [0.2, 0.25) is 0 Å². The van der Waals surface area contributed by atoms with E-state index in [4.69, 9.17) is 10.5 Å². The maximum absolute atomic E-state index is 14.1. The number of anilines is 1. The number of hydrogen-bond acceptors (Lipinski definition) is 6. The lowest BCUT2D eigenvalue weighted by Gasteiger charge is -2.42. The molecule has 1 aliphatic carbocycles. The molecule has 0 radical (unpaired) electrons. The van der Waals surface area contributed by atoms with Crippen molar-refractivity contribution < 1.29 is 19.1 Å². The van der Waals surface area contributed by atoms with Crippen molar-refractivity contribution in [2.75, 3.05) is 38.2 Å². The van der Waals surface area contributed by atoms with Crippen LogP contribution >= 0.6 is 0 Å². The number of methoxy groups -OCH3 is 1. The minimum absolute atomic E-state index is 0.00211. The first-order valence-electron chi connectivity index (χ1n) is 14.9. The van der Waals surface area contributed by atoms with Crippen molar-refractivity contribution in [3.63, 3.8) is 0 Å². The Morgan fingerprint density at radius 2 is 1.62 bits per heavy atom. The molecule has 1 amide bonds. The second kappa shape index (κ2) is 12.6. The molecule has 214 valence electrons. The number of amides is 1. The van der Waals surface area contributed by atoms with Gasteiger partial charge in [-0.2, -0.15) is 0 Å². The van der Waals surface area contributed by atoms with Gasteiger partial charge in [0.2, 0.25) is 5.91 Å². The number of hydrogen-bond donors (Lipinski definition) is 1. The molecule has 0 aromatic heterocycles. The first-order valence-corrected chi connectivity index (χ1v) is 14.9. The average molecular weight is 546 g/mol. The van der Waals surface area contributed by atoms with Crippen molar-refractivity contribution in [2.24, 2.45) is 17.6 Å². The summed E-state index contributed by atoms with van der Waals surface area (Å²) in [5.41, 5.74) is 10.7. The monoisotopic (exact) mass is 545 g/mol. The van der Waals surface area contributed by atoms with Crippen LogP contribution in [0.4, 0.5) is 5.69 Å². The number of fused-ring (bicyclic) bond motifs is 1. The standard InChI is InChI=1S/C33H43N3O4/c1-22(37)25-10-6-23(7-11-25)20-31(38)32-29-4-3-5-30(35-17-14-27(40-2)15-18-35)28(29)16-19-36(32)33(39)26-12-8-24(21-34)9-13-26/h3-7,10-11,24,26-27,32H,8-9,12-21,34H2,1-2H3. The molecule has 1 saturated heterocycles. The summed E-state index contributed by atoms with van der Waals surface area (Å²) in [6.45, 7) is 4.60. The van der Waals surface area contributed by atoms with E-state index in [1.165, 1.54) is 11.3 Å². The number of ketones is 2. The number of carbonyl (C=O) groups excluding carboxylic acids is 3. The van der Waals surface area contributed by atoms with Crippen LogP contribution in [0.5, 0.6) is 0 Å². The Labute approximate surface area is 238 Å². The van der Waals surface area contributed by atoms with Gasteiger partial charge >= 0.3 is 0 Å². The normalized spacial score (nSPS) is 23.5. The van der Waals surface area contributed by atoms with Gasteiger partial charge in [0.1, 0.15) is 6.04 Å². The van der Waals surface area contributed by atoms with Gasteiger partial charge in [-0.1, -0.05) is 36.4 Å². The number of Topliss-reactive ketones (excluding diaryl/α,β-unsaturated/α-hetero) is 2. The molecule has 7 heteroatoms. The van der Waals surface area contributed by atoms with Gasteiger partial charge in [0.05, 0.1) is 6.10 Å². The largest absolute Gasteiger partial charge is 0.381 e. The zero-order chi connectivity index (χ0) is 28.2. The van der Waals surface area contributed by atoms with Crippen LogP contribution in [0.3, 0.4) is 0 Å². The Balaban J connectivity index is 1.44. The lowest BCUT2D eigenvalue weighted by molar-refractivity contribution is -0.144. The van der Waals surface area contributed by atoms with E-state index in [-0.39, 0.29) is 29.8 Å². The van der Waals surface area contributed by atoms with Gasteiger partial charge in [0.15, 0.2) is 11.6 Å². The number of ether oxygens (including phenoxy) is 1. The number of nitrogens with two attached hydrogens (primary N) is 1. The molecule has 2 aliphatic heterocycles. The third-order valence-electron chi connectivity index (χ3n) is 9.37. The zero-order valence-electron chi connectivity index (χ0n) is 23.9. The van der Waals surface area contributed by atoms with E-state index >= 15 is 0 Å². The molecular formula is C33H43N3O4. The summed E-state index contributed by atoms with van der Waals surface area (Å²) in [6, 6.07) is 12.9. The molecule has 1 atom stereocenters. The molecule has 3 aliphatic rings. The molecule has 2 fully saturated rings. The first kappa shape index (κ1) is 28.5. The SMILES string of the molecule is COC1CCN(c2cccc3c2CCN(C(=O)C2CCC(CN)CC2)C3C(=O)Cc2ccc(C(C)=O)cc2)CC1. The van der Waals surface area contributed by atoms with Crippen LogP contribution in [0.25, 0.3) is 0 Å². The highest BCUT2D eigenvalue weighted by atomic mass is 16.5. The van der Waals surface area contributed by atoms with E-state index in [9.17, 15) is 14.4 Å². The highest BCUT2D eigenvalue weighted by Gasteiger charge is 2.40. The predicted octanol–water partition coefficient (Wildman–Crippen LogP) is 4.51. The molecule has 2 aromatic carbocycles. The van der Waals surface area contributed by atoms with Gasteiger partial charge in [-0.15, -0.1) is 0 Å². The summed E-state index contributed by atoms with van der Waals surface area (Å²) in [5.74, 6) is 0.577. The summed E-state index contributed by atoms with van der Waals surface area (Å²) in [4.78, 5) is 44.1.